The lowest BCUT2D eigenvalue weighted by atomic mass is 9.68. The molecule has 2 aromatic rings. The third kappa shape index (κ3) is 3.32. The number of ketones is 1. The molecule has 0 spiro atoms. The zero-order chi connectivity index (χ0) is 20.8. The van der Waals surface area contributed by atoms with Crippen LogP contribution in [0.4, 0.5) is 5.69 Å². The predicted octanol–water partition coefficient (Wildman–Crippen LogP) is 5.28. The second-order valence-electron chi connectivity index (χ2n) is 8.37. The molecule has 0 amide bonds. The van der Waals surface area contributed by atoms with Crippen LogP contribution in [0.25, 0.3) is 0 Å². The number of anilines is 1. The Morgan fingerprint density at radius 3 is 2.52 bits per heavy atom. The van der Waals surface area contributed by atoms with Gasteiger partial charge in [0.05, 0.1) is 17.6 Å². The van der Waals surface area contributed by atoms with Crippen LogP contribution in [0.15, 0.2) is 77.3 Å². The normalized spacial score (nSPS) is 21.1. The number of carbonyl (C=O) groups excluding carboxylic acids is 1. The summed E-state index contributed by atoms with van der Waals surface area (Å²) in [5.74, 6) is -0.0763. The second kappa shape index (κ2) is 7.09. The van der Waals surface area contributed by atoms with Crippen LogP contribution in [0.1, 0.15) is 38.2 Å². The molecule has 1 unspecified atom stereocenters. The highest BCUT2D eigenvalue weighted by molar-refractivity contribution is 6.30. The smallest absolute Gasteiger partial charge is 0.162 e. The number of nitriles is 1. The Balaban J connectivity index is 2.01. The van der Waals surface area contributed by atoms with E-state index in [-0.39, 0.29) is 11.2 Å². The van der Waals surface area contributed by atoms with Crippen LogP contribution in [-0.2, 0) is 4.79 Å². The van der Waals surface area contributed by atoms with E-state index < -0.39 is 5.92 Å². The molecule has 5 heteroatoms. The van der Waals surface area contributed by atoms with Gasteiger partial charge in [-0.05, 0) is 41.7 Å². The Morgan fingerprint density at radius 2 is 1.86 bits per heavy atom. The number of nitrogens with two attached hydrogens (primary N) is 1. The fourth-order valence-corrected chi connectivity index (χ4v) is 4.60. The summed E-state index contributed by atoms with van der Waals surface area (Å²) >= 11 is 6.23. The molecule has 0 fully saturated rings. The largest absolute Gasteiger partial charge is 0.384 e. The van der Waals surface area contributed by atoms with E-state index in [1.54, 1.807) is 6.07 Å². The lowest BCUT2D eigenvalue weighted by Gasteiger charge is -2.43. The van der Waals surface area contributed by atoms with E-state index in [0.717, 1.165) is 16.9 Å². The van der Waals surface area contributed by atoms with Gasteiger partial charge in [-0.25, -0.2) is 0 Å². The molecule has 4 nitrogen and oxygen atoms in total. The van der Waals surface area contributed by atoms with Gasteiger partial charge in [0, 0.05) is 28.4 Å². The van der Waals surface area contributed by atoms with Crippen molar-refractivity contribution in [3.8, 4) is 6.07 Å². The van der Waals surface area contributed by atoms with Gasteiger partial charge in [0.2, 0.25) is 0 Å². The molecule has 0 bridgehead atoms. The third-order valence-electron chi connectivity index (χ3n) is 5.58. The van der Waals surface area contributed by atoms with Crippen LogP contribution in [0.2, 0.25) is 5.02 Å². The SMILES string of the molecule is CC1(C)CC(=O)C2=C(C1)N(c1ccccc1)C(N)=C(C#N)C2c1cccc(Cl)c1. The third-order valence-corrected chi connectivity index (χ3v) is 5.81. The van der Waals surface area contributed by atoms with E-state index in [9.17, 15) is 10.1 Å². The Morgan fingerprint density at radius 1 is 1.14 bits per heavy atom. The Bertz CT molecular complexity index is 1090. The summed E-state index contributed by atoms with van der Waals surface area (Å²) in [7, 11) is 0. The minimum atomic E-state index is -0.503. The fraction of sp³-hybridized carbons (Fsp3) is 0.250. The van der Waals surface area contributed by atoms with Crippen LogP contribution in [0.5, 0.6) is 0 Å². The number of carbonyl (C=O) groups is 1. The maximum atomic E-state index is 13.4. The predicted molar refractivity (Wildman–Crippen MR) is 115 cm³/mol. The van der Waals surface area contributed by atoms with Crippen molar-refractivity contribution in [2.75, 3.05) is 4.90 Å². The average molecular weight is 404 g/mol. The van der Waals surface area contributed by atoms with Gasteiger partial charge in [0.25, 0.3) is 0 Å². The number of hydrogen-bond donors (Lipinski definition) is 1. The van der Waals surface area contributed by atoms with E-state index in [2.05, 4.69) is 19.9 Å². The number of benzene rings is 2. The van der Waals surface area contributed by atoms with Gasteiger partial charge in [-0.2, -0.15) is 5.26 Å². The summed E-state index contributed by atoms with van der Waals surface area (Å²) in [5.41, 5.74) is 9.95. The number of nitrogens with zero attached hydrogens (tertiary/aromatic N) is 2. The molecule has 2 N–H and O–H groups in total. The van der Waals surface area contributed by atoms with Crippen LogP contribution in [-0.4, -0.2) is 5.78 Å². The van der Waals surface area contributed by atoms with E-state index in [1.165, 1.54) is 0 Å². The van der Waals surface area contributed by atoms with Gasteiger partial charge in [-0.1, -0.05) is 55.8 Å². The van der Waals surface area contributed by atoms with Crippen molar-refractivity contribution < 1.29 is 4.79 Å². The number of Topliss-reactive ketones (excluding diaryl/α,β-unsaturated/α-hetero) is 1. The Kier molecular flexibility index (Phi) is 4.72. The molecule has 0 saturated carbocycles. The molecular weight excluding hydrogens is 382 g/mol. The minimum Gasteiger partial charge on any atom is -0.384 e. The topological polar surface area (TPSA) is 70.1 Å². The molecule has 2 aliphatic rings. The summed E-state index contributed by atoms with van der Waals surface area (Å²) < 4.78 is 0. The first-order valence-electron chi connectivity index (χ1n) is 9.59. The molecule has 0 radical (unpaired) electrons. The molecule has 1 aliphatic carbocycles. The van der Waals surface area contributed by atoms with Crippen LogP contribution >= 0.6 is 11.6 Å². The van der Waals surface area contributed by atoms with Crippen LogP contribution in [0, 0.1) is 16.7 Å². The number of rotatable bonds is 2. The summed E-state index contributed by atoms with van der Waals surface area (Å²) in [4.78, 5) is 15.3. The first-order valence-corrected chi connectivity index (χ1v) is 9.97. The van der Waals surface area contributed by atoms with Gasteiger partial charge in [0.15, 0.2) is 5.78 Å². The highest BCUT2D eigenvalue weighted by Gasteiger charge is 2.44. The minimum absolute atomic E-state index is 0.0578. The van der Waals surface area contributed by atoms with Crippen molar-refractivity contribution in [3.63, 3.8) is 0 Å². The van der Waals surface area contributed by atoms with E-state index in [4.69, 9.17) is 17.3 Å². The Hall–Kier alpha value is -3.03. The molecule has 0 aromatic heterocycles. The summed E-state index contributed by atoms with van der Waals surface area (Å²) in [6, 6.07) is 19.3. The average Bonchev–Trinajstić information content (AvgIpc) is 2.67. The van der Waals surface area contributed by atoms with E-state index in [1.807, 2.05) is 53.4 Å². The van der Waals surface area contributed by atoms with E-state index >= 15 is 0 Å². The first-order chi connectivity index (χ1) is 13.8. The summed E-state index contributed by atoms with van der Waals surface area (Å²) in [5, 5.41) is 10.6. The van der Waals surface area contributed by atoms with Gasteiger partial charge >= 0.3 is 0 Å². The molecule has 2 aromatic carbocycles. The van der Waals surface area contributed by atoms with Gasteiger partial charge in [-0.15, -0.1) is 0 Å². The lowest BCUT2D eigenvalue weighted by Crippen LogP contribution is -2.42. The maximum absolute atomic E-state index is 13.4. The quantitative estimate of drug-likeness (QED) is 0.740. The van der Waals surface area contributed by atoms with Crippen molar-refractivity contribution in [3.05, 3.63) is 87.8 Å². The highest BCUT2D eigenvalue weighted by Crippen LogP contribution is 2.50. The van der Waals surface area contributed by atoms with Crippen molar-refractivity contribution in [1.82, 2.24) is 0 Å². The molecule has 0 saturated heterocycles. The van der Waals surface area contributed by atoms with Crippen molar-refractivity contribution in [2.45, 2.75) is 32.6 Å². The molecule has 1 heterocycles. The molecule has 1 atom stereocenters. The van der Waals surface area contributed by atoms with E-state index in [0.29, 0.717) is 34.8 Å². The van der Waals surface area contributed by atoms with Crippen molar-refractivity contribution in [1.29, 1.82) is 5.26 Å². The van der Waals surface area contributed by atoms with Crippen LogP contribution in [0.3, 0.4) is 0 Å². The fourth-order valence-electron chi connectivity index (χ4n) is 4.40. The number of para-hydroxylation sites is 1. The van der Waals surface area contributed by atoms with Crippen molar-refractivity contribution in [2.24, 2.45) is 11.1 Å². The standard InChI is InChI=1S/C24H22ClN3O/c1-24(2)12-19-22(20(29)13-24)21(15-7-6-8-16(25)11-15)18(14-26)23(27)28(19)17-9-4-3-5-10-17/h3-11,21H,12-13,27H2,1-2H3. The first kappa shape index (κ1) is 19.3. The van der Waals surface area contributed by atoms with Gasteiger partial charge in [0.1, 0.15) is 5.82 Å². The number of halogens is 1. The van der Waals surface area contributed by atoms with Gasteiger partial charge < -0.3 is 5.73 Å². The van der Waals surface area contributed by atoms with Crippen LogP contribution < -0.4 is 10.6 Å². The number of hydrogen-bond acceptors (Lipinski definition) is 4. The molecule has 146 valence electrons. The molecule has 1 aliphatic heterocycles. The lowest BCUT2D eigenvalue weighted by molar-refractivity contribution is -0.118. The highest BCUT2D eigenvalue weighted by atomic mass is 35.5. The molecule has 29 heavy (non-hydrogen) atoms. The Labute approximate surface area is 175 Å². The zero-order valence-electron chi connectivity index (χ0n) is 16.4. The number of allylic oxidation sites excluding steroid dienone is 3. The summed E-state index contributed by atoms with van der Waals surface area (Å²) in [6.45, 7) is 4.18. The molecule has 4 rings (SSSR count). The van der Waals surface area contributed by atoms with Gasteiger partial charge in [-0.3, -0.25) is 9.69 Å². The maximum Gasteiger partial charge on any atom is 0.162 e. The zero-order valence-corrected chi connectivity index (χ0v) is 17.2. The monoisotopic (exact) mass is 403 g/mol. The van der Waals surface area contributed by atoms with Crippen molar-refractivity contribution >= 4 is 23.1 Å². The summed E-state index contributed by atoms with van der Waals surface area (Å²) in [6.07, 6.45) is 1.13. The molecular formula is C24H22ClN3O. The second-order valence-corrected chi connectivity index (χ2v) is 8.81.